The molecule has 360 valence electrons. The molecule has 0 spiro atoms. The minimum absolute atomic E-state index is 0.115. The molecule has 0 atom stereocenters. The number of pyridine rings is 2. The van der Waals surface area contributed by atoms with Gasteiger partial charge in [0.2, 0.25) is 0 Å². The number of fused-ring (bicyclic) bond motifs is 19. The molecular weight excluding hydrogens is 922 g/mol. The van der Waals surface area contributed by atoms with E-state index in [0.717, 1.165) is 34.0 Å². The van der Waals surface area contributed by atoms with Gasteiger partial charge in [-0.05, 0) is 102 Å². The molecule has 8 aliphatic heterocycles. The molecule has 76 heavy (non-hydrogen) atoms. The van der Waals surface area contributed by atoms with Crippen LogP contribution in [0, 0.1) is 0 Å². The number of benzene rings is 8. The Hall–Kier alpha value is -8.35. The Morgan fingerprint density at radius 1 is 0.276 bits per heavy atom. The molecule has 8 heteroatoms. The predicted octanol–water partition coefficient (Wildman–Crippen LogP) is 12.4. The summed E-state index contributed by atoms with van der Waals surface area (Å²) in [5.41, 5.74) is 31.0. The molecule has 10 aromatic rings. The normalized spacial score (nSPS) is 18.0. The molecule has 0 bridgehead atoms. The van der Waals surface area contributed by atoms with Gasteiger partial charge in [-0.15, -0.1) is 0 Å². The van der Waals surface area contributed by atoms with Crippen LogP contribution in [-0.4, -0.2) is 23.4 Å². The van der Waals surface area contributed by atoms with Gasteiger partial charge >= 0.3 is 0 Å². The number of aromatic nitrogens is 2. The smallest absolute Gasteiger partial charge is 0.254 e. The third kappa shape index (κ3) is 4.47. The van der Waals surface area contributed by atoms with E-state index in [-0.39, 0.29) is 35.1 Å². The van der Waals surface area contributed by atoms with Gasteiger partial charge in [0.25, 0.3) is 13.4 Å². The fraction of sp³-hybridized carbons (Fsp3) is 0.176. The van der Waals surface area contributed by atoms with Gasteiger partial charge < -0.3 is 9.80 Å². The van der Waals surface area contributed by atoms with Gasteiger partial charge in [-0.1, -0.05) is 201 Å². The second-order valence-corrected chi connectivity index (χ2v) is 24.8. The summed E-state index contributed by atoms with van der Waals surface area (Å²) in [5.74, 6) is 1.97. The summed E-state index contributed by atoms with van der Waals surface area (Å²) >= 11 is 0. The van der Waals surface area contributed by atoms with Crippen LogP contribution in [0.15, 0.2) is 170 Å². The maximum Gasteiger partial charge on any atom is 0.254 e. The lowest BCUT2D eigenvalue weighted by molar-refractivity contribution is 0.631. The van der Waals surface area contributed by atoms with Gasteiger partial charge in [-0.25, -0.2) is 9.97 Å². The molecule has 0 aliphatic carbocycles. The van der Waals surface area contributed by atoms with Crippen LogP contribution in [-0.2, 0) is 21.7 Å². The molecule has 8 aliphatic rings. The third-order valence-corrected chi connectivity index (χ3v) is 19.9. The first-order valence-electron chi connectivity index (χ1n) is 27.3. The first-order chi connectivity index (χ1) is 36.8. The highest BCUT2D eigenvalue weighted by atomic mass is 15.3. The molecule has 0 amide bonds. The first-order valence-corrected chi connectivity index (χ1v) is 27.3. The molecule has 8 aromatic carbocycles. The van der Waals surface area contributed by atoms with Crippen LogP contribution >= 0.6 is 0 Å². The number of nitrogens with zero attached hydrogens (tertiary/aromatic N) is 6. The molecule has 6 nitrogen and oxygen atoms in total. The van der Waals surface area contributed by atoms with Gasteiger partial charge in [0.05, 0.1) is 34.1 Å². The lowest BCUT2D eigenvalue weighted by Crippen LogP contribution is -2.64. The molecule has 10 heterocycles. The van der Waals surface area contributed by atoms with Crippen LogP contribution < -0.4 is 52.4 Å². The topological polar surface area (TPSA) is 38.7 Å². The minimum atomic E-state index is -0.278. The van der Waals surface area contributed by atoms with Gasteiger partial charge in [-0.2, -0.15) is 0 Å². The van der Waals surface area contributed by atoms with Crippen molar-refractivity contribution in [3.05, 3.63) is 214 Å². The van der Waals surface area contributed by atoms with Crippen molar-refractivity contribution in [3.63, 3.8) is 0 Å². The van der Waals surface area contributed by atoms with Crippen LogP contribution in [0.1, 0.15) is 99.9 Å². The molecule has 0 saturated carbocycles. The number of para-hydroxylation sites is 8. The predicted molar refractivity (Wildman–Crippen MR) is 316 cm³/mol. The summed E-state index contributed by atoms with van der Waals surface area (Å²) in [6.07, 6.45) is 0. The highest BCUT2D eigenvalue weighted by Crippen LogP contribution is 2.61. The van der Waals surface area contributed by atoms with E-state index in [1.807, 2.05) is 0 Å². The lowest BCUT2D eigenvalue weighted by atomic mass is 9.32. The van der Waals surface area contributed by atoms with Crippen molar-refractivity contribution < 1.29 is 0 Å². The van der Waals surface area contributed by atoms with Crippen molar-refractivity contribution in [2.45, 2.75) is 77.0 Å². The Kier molecular flexibility index (Phi) is 7.27. The molecular formula is C68H52B2N6. The maximum atomic E-state index is 6.41. The zero-order valence-electron chi connectivity index (χ0n) is 44.0. The number of anilines is 12. The monoisotopic (exact) mass is 974 g/mol. The Bertz CT molecular complexity index is 4130. The Morgan fingerprint density at radius 3 is 0.829 bits per heavy atom. The van der Waals surface area contributed by atoms with E-state index in [4.69, 9.17) is 9.97 Å². The highest BCUT2D eigenvalue weighted by molar-refractivity contribution is 7.01. The zero-order valence-corrected chi connectivity index (χ0v) is 44.0. The quantitative estimate of drug-likeness (QED) is 0.141. The van der Waals surface area contributed by atoms with Crippen molar-refractivity contribution in [1.82, 2.24) is 9.97 Å². The SMILES string of the molecule is CC1(C)c2ccccc2N2c3nc4c5c6c(nc4c4c3B(c3cccc1c32)c1cccc2c1N4c1ccccc1C2(C)C)N1c2ccccc2C(C)(C)c2cccc(c21)B6c1cccc2c1N5c1ccccc1C2(C)C. The molecule has 0 saturated heterocycles. The standard InChI is InChI=1S/C68H52B2N6/c1-65(2)37-21-9-13-33-49(37)73-57-41(65)25-17-29-45(57)69-47-31-19-27-43-59(47)75(51-35-15-11-23-39(51)67(43,5)6)63-53(69)61(73)55-56(72-63)62-54-64(71-55)76-52-36-16-12-24-40(52)68(7,8)44-28-20-32-48(60(44)76)70(54)46-30-18-26-42-58(46)74(62)50-34-14-10-22-38(50)66(42,3)4/h9-36H,1-8H3. The van der Waals surface area contributed by atoms with Gasteiger partial charge in [-0.3, -0.25) is 9.80 Å². The summed E-state index contributed by atoms with van der Waals surface area (Å²) in [4.78, 5) is 23.3. The van der Waals surface area contributed by atoms with E-state index in [9.17, 15) is 0 Å². The second-order valence-electron chi connectivity index (χ2n) is 24.8. The van der Waals surface area contributed by atoms with Gasteiger partial charge in [0, 0.05) is 44.4 Å². The van der Waals surface area contributed by atoms with Crippen molar-refractivity contribution in [2.24, 2.45) is 0 Å². The Labute approximate surface area is 444 Å². The van der Waals surface area contributed by atoms with Crippen LogP contribution in [0.4, 0.5) is 68.5 Å². The molecule has 18 rings (SSSR count). The summed E-state index contributed by atoms with van der Waals surface area (Å²) in [6.45, 7) is 19.1. The average molecular weight is 975 g/mol. The minimum Gasteiger partial charge on any atom is -0.308 e. The number of hydrogen-bond acceptors (Lipinski definition) is 6. The van der Waals surface area contributed by atoms with Gasteiger partial charge in [0.15, 0.2) is 0 Å². The van der Waals surface area contributed by atoms with Crippen LogP contribution in [0.25, 0.3) is 11.0 Å². The number of hydrogen-bond donors (Lipinski definition) is 0. The molecule has 2 aromatic heterocycles. The zero-order chi connectivity index (χ0) is 50.8. The number of rotatable bonds is 0. The molecule has 0 fully saturated rings. The largest absolute Gasteiger partial charge is 0.308 e. The maximum absolute atomic E-state index is 6.41. The fourth-order valence-corrected chi connectivity index (χ4v) is 16.5. The third-order valence-electron chi connectivity index (χ3n) is 19.9. The van der Waals surface area contributed by atoms with Crippen LogP contribution in [0.3, 0.4) is 0 Å². The summed E-state index contributed by atoms with van der Waals surface area (Å²) < 4.78 is 0. The molecule has 0 N–H and O–H groups in total. The molecule has 0 radical (unpaired) electrons. The summed E-state index contributed by atoms with van der Waals surface area (Å²) in [7, 11) is 0. The van der Waals surface area contributed by atoms with E-state index in [1.54, 1.807) is 0 Å². The van der Waals surface area contributed by atoms with Crippen molar-refractivity contribution in [3.8, 4) is 0 Å². The first kappa shape index (κ1) is 41.9. The van der Waals surface area contributed by atoms with Crippen molar-refractivity contribution in [2.75, 3.05) is 19.6 Å². The van der Waals surface area contributed by atoms with E-state index < -0.39 is 0 Å². The molecule has 0 unspecified atom stereocenters. The Balaban J connectivity index is 1.09. The van der Waals surface area contributed by atoms with Gasteiger partial charge in [0.1, 0.15) is 22.7 Å². The highest BCUT2D eigenvalue weighted by Gasteiger charge is 2.56. The van der Waals surface area contributed by atoms with Crippen LogP contribution in [0.5, 0.6) is 0 Å². The average Bonchev–Trinajstić information content (AvgIpc) is 3.29. The van der Waals surface area contributed by atoms with E-state index in [0.29, 0.717) is 0 Å². The van der Waals surface area contributed by atoms with Crippen molar-refractivity contribution in [1.29, 1.82) is 0 Å². The van der Waals surface area contributed by atoms with E-state index >= 15 is 0 Å². The Morgan fingerprint density at radius 2 is 0.526 bits per heavy atom. The second kappa shape index (κ2) is 13.2. The van der Waals surface area contributed by atoms with E-state index in [1.165, 1.54) is 123 Å². The van der Waals surface area contributed by atoms with E-state index in [2.05, 4.69) is 245 Å². The summed E-state index contributed by atoms with van der Waals surface area (Å²) in [6, 6.07) is 65.0. The fourth-order valence-electron chi connectivity index (χ4n) is 16.5. The van der Waals surface area contributed by atoms with Crippen molar-refractivity contribution >= 4 is 126 Å². The lowest BCUT2D eigenvalue weighted by Gasteiger charge is -2.53. The van der Waals surface area contributed by atoms with Crippen LogP contribution in [0.2, 0.25) is 0 Å². The summed E-state index contributed by atoms with van der Waals surface area (Å²) in [5, 5.41) is 0.